The lowest BCUT2D eigenvalue weighted by Crippen LogP contribution is -2.34. The van der Waals surface area contributed by atoms with Crippen LogP contribution in [0.15, 0.2) is 29.4 Å². The summed E-state index contributed by atoms with van der Waals surface area (Å²) in [6.45, 7) is 4.38. The zero-order valence-electron chi connectivity index (χ0n) is 14.8. The molecule has 1 N–H and O–H groups in total. The highest BCUT2D eigenvalue weighted by atomic mass is 16.7. The van der Waals surface area contributed by atoms with Gasteiger partial charge in [-0.3, -0.25) is 9.89 Å². The van der Waals surface area contributed by atoms with Gasteiger partial charge in [-0.25, -0.2) is 4.99 Å². The number of para-hydroxylation sites is 1. The third kappa shape index (κ3) is 2.64. The molecule has 0 radical (unpaired) electrons. The van der Waals surface area contributed by atoms with Crippen LogP contribution in [0.4, 0.5) is 5.82 Å². The van der Waals surface area contributed by atoms with E-state index in [4.69, 9.17) is 14.2 Å². The minimum absolute atomic E-state index is 0.178. The van der Waals surface area contributed by atoms with E-state index in [1.807, 2.05) is 25.1 Å². The summed E-state index contributed by atoms with van der Waals surface area (Å²) >= 11 is 0. The molecule has 1 aromatic carbocycles. The number of rotatable bonds is 5. The molecule has 136 valence electrons. The van der Waals surface area contributed by atoms with Gasteiger partial charge in [0, 0.05) is 22.8 Å². The highest BCUT2D eigenvalue weighted by Gasteiger charge is 2.42. The molecular weight excluding hydrogens is 334 g/mol. The molecule has 4 rings (SSSR count). The van der Waals surface area contributed by atoms with E-state index >= 15 is 0 Å². The monoisotopic (exact) mass is 355 g/mol. The number of H-pyrrole nitrogens is 1. The Balaban J connectivity index is 1.88. The zero-order valence-corrected chi connectivity index (χ0v) is 14.8. The van der Waals surface area contributed by atoms with E-state index in [1.54, 1.807) is 6.20 Å². The van der Waals surface area contributed by atoms with Crippen LogP contribution in [0.2, 0.25) is 0 Å². The van der Waals surface area contributed by atoms with Crippen LogP contribution in [0.5, 0.6) is 11.5 Å². The quantitative estimate of drug-likeness (QED) is 0.832. The van der Waals surface area contributed by atoms with Crippen molar-refractivity contribution in [2.75, 3.05) is 13.4 Å². The number of hydrogen-bond acceptors (Lipinski definition) is 6. The lowest BCUT2D eigenvalue weighted by molar-refractivity contribution is -0.146. The number of benzene rings is 1. The molecule has 0 spiro atoms. The molecule has 2 unspecified atom stereocenters. The number of ether oxygens (including phenoxy) is 3. The molecule has 7 nitrogen and oxygen atoms in total. The maximum atomic E-state index is 12.9. The van der Waals surface area contributed by atoms with Crippen LogP contribution in [0.3, 0.4) is 0 Å². The summed E-state index contributed by atoms with van der Waals surface area (Å²) in [6, 6.07) is 5.75. The summed E-state index contributed by atoms with van der Waals surface area (Å²) in [6.07, 6.45) is 3.33. The minimum Gasteiger partial charge on any atom is -0.465 e. The predicted molar refractivity (Wildman–Crippen MR) is 95.1 cm³/mol. The second-order valence-electron chi connectivity index (χ2n) is 6.32. The Labute approximate surface area is 151 Å². The zero-order chi connectivity index (χ0) is 18.1. The fourth-order valence-electron chi connectivity index (χ4n) is 3.71. The van der Waals surface area contributed by atoms with Gasteiger partial charge in [-0.2, -0.15) is 5.10 Å². The Morgan fingerprint density at radius 2 is 2.19 bits per heavy atom. The van der Waals surface area contributed by atoms with E-state index in [2.05, 4.69) is 22.1 Å². The number of carbonyl (C=O) groups excluding carboxylic acids is 1. The van der Waals surface area contributed by atoms with Crippen LogP contribution in [0.25, 0.3) is 0 Å². The van der Waals surface area contributed by atoms with Gasteiger partial charge in [0.1, 0.15) is 5.92 Å². The van der Waals surface area contributed by atoms with Crippen LogP contribution in [-0.2, 0) is 9.53 Å². The number of hydrogen-bond donors (Lipinski definition) is 1. The molecule has 0 aliphatic carbocycles. The van der Waals surface area contributed by atoms with Crippen molar-refractivity contribution in [3.63, 3.8) is 0 Å². The van der Waals surface area contributed by atoms with E-state index in [-0.39, 0.29) is 18.7 Å². The van der Waals surface area contributed by atoms with Crippen molar-refractivity contribution in [3.8, 4) is 11.5 Å². The molecule has 2 aromatic rings. The lowest BCUT2D eigenvalue weighted by atomic mass is 9.76. The van der Waals surface area contributed by atoms with Crippen molar-refractivity contribution in [2.24, 2.45) is 10.9 Å². The maximum Gasteiger partial charge on any atom is 0.315 e. The number of fused-ring (bicyclic) bond motifs is 2. The normalized spacial score (nSPS) is 20.5. The molecule has 1 aromatic heterocycles. The fourth-order valence-corrected chi connectivity index (χ4v) is 3.71. The second kappa shape index (κ2) is 6.82. The van der Waals surface area contributed by atoms with Gasteiger partial charge in [-0.1, -0.05) is 25.5 Å². The van der Waals surface area contributed by atoms with E-state index in [0.717, 1.165) is 23.3 Å². The van der Waals surface area contributed by atoms with Crippen molar-refractivity contribution < 1.29 is 19.0 Å². The van der Waals surface area contributed by atoms with E-state index in [9.17, 15) is 4.79 Å². The van der Waals surface area contributed by atoms with E-state index in [1.165, 1.54) is 0 Å². The number of nitrogens with one attached hydrogen (secondary N) is 1. The Hall–Kier alpha value is -2.83. The molecular formula is C19H21N3O4. The first-order chi connectivity index (χ1) is 12.7. The predicted octanol–water partition coefficient (Wildman–Crippen LogP) is 3.34. The largest absolute Gasteiger partial charge is 0.465 e. The van der Waals surface area contributed by atoms with Gasteiger partial charge in [-0.05, 0) is 19.4 Å². The Morgan fingerprint density at radius 1 is 1.31 bits per heavy atom. The number of aromatic nitrogens is 2. The van der Waals surface area contributed by atoms with Crippen LogP contribution in [0, 0.1) is 5.92 Å². The Bertz CT molecular complexity index is 858. The summed E-state index contributed by atoms with van der Waals surface area (Å²) in [7, 11) is 0. The van der Waals surface area contributed by atoms with Gasteiger partial charge in [0.05, 0.1) is 12.8 Å². The number of nitrogens with zero attached hydrogens (tertiary/aromatic N) is 2. The molecule has 2 aliphatic heterocycles. The van der Waals surface area contributed by atoms with E-state index < -0.39 is 5.92 Å². The number of esters is 1. The van der Waals surface area contributed by atoms with Gasteiger partial charge in [0.2, 0.25) is 6.79 Å². The van der Waals surface area contributed by atoms with Gasteiger partial charge in [0.25, 0.3) is 0 Å². The molecule has 0 saturated heterocycles. The van der Waals surface area contributed by atoms with Crippen LogP contribution >= 0.6 is 0 Å². The Morgan fingerprint density at radius 3 is 3.00 bits per heavy atom. The summed E-state index contributed by atoms with van der Waals surface area (Å²) in [4.78, 5) is 17.6. The SMILES string of the molecule is CCCC1=Nc2[nH]ncc2C(c2cccc3c2OCO3)C1C(=O)OCC. The molecule has 0 bridgehead atoms. The highest BCUT2D eigenvalue weighted by molar-refractivity contribution is 6.06. The van der Waals surface area contributed by atoms with Crippen LogP contribution in [-0.4, -0.2) is 35.3 Å². The first-order valence-corrected chi connectivity index (χ1v) is 8.90. The second-order valence-corrected chi connectivity index (χ2v) is 6.32. The number of carbonyl (C=O) groups is 1. The third-order valence-electron chi connectivity index (χ3n) is 4.74. The molecule has 0 amide bonds. The third-order valence-corrected chi connectivity index (χ3v) is 4.74. The molecule has 0 fully saturated rings. The number of aliphatic imine (C=N–C) groups is 1. The van der Waals surface area contributed by atoms with Crippen molar-refractivity contribution in [3.05, 3.63) is 35.5 Å². The smallest absolute Gasteiger partial charge is 0.315 e. The van der Waals surface area contributed by atoms with Gasteiger partial charge in [0.15, 0.2) is 17.3 Å². The summed E-state index contributed by atoms with van der Waals surface area (Å²) in [5.74, 6) is 1.00. The fraction of sp³-hybridized carbons (Fsp3) is 0.421. The topological polar surface area (TPSA) is 85.8 Å². The van der Waals surface area contributed by atoms with Crippen molar-refractivity contribution >= 4 is 17.5 Å². The minimum atomic E-state index is -0.504. The first kappa shape index (κ1) is 16.6. The lowest BCUT2D eigenvalue weighted by Gasteiger charge is -2.30. The molecule has 2 aliphatic rings. The number of aromatic amines is 1. The van der Waals surface area contributed by atoms with Crippen molar-refractivity contribution in [1.82, 2.24) is 10.2 Å². The van der Waals surface area contributed by atoms with Crippen LogP contribution in [0.1, 0.15) is 43.7 Å². The van der Waals surface area contributed by atoms with E-state index in [0.29, 0.717) is 30.3 Å². The molecule has 0 saturated carbocycles. The summed E-state index contributed by atoms with van der Waals surface area (Å²) < 4.78 is 16.6. The highest BCUT2D eigenvalue weighted by Crippen LogP contribution is 2.48. The average Bonchev–Trinajstić information content (AvgIpc) is 3.29. The van der Waals surface area contributed by atoms with Crippen LogP contribution < -0.4 is 9.47 Å². The van der Waals surface area contributed by atoms with Gasteiger partial charge >= 0.3 is 5.97 Å². The standard InChI is InChI=1S/C19H21N3O4/c1-3-6-13-16(19(23)24-4-2)15(12-9-20-22-18(12)21-13)11-7-5-8-14-17(11)26-10-25-14/h5,7-9,15-16H,3-4,6,10H2,1-2H3,(H,20,22). The average molecular weight is 355 g/mol. The molecule has 3 heterocycles. The maximum absolute atomic E-state index is 12.9. The first-order valence-electron chi connectivity index (χ1n) is 8.90. The Kier molecular flexibility index (Phi) is 4.36. The molecule has 7 heteroatoms. The van der Waals surface area contributed by atoms with Gasteiger partial charge in [-0.15, -0.1) is 0 Å². The van der Waals surface area contributed by atoms with Gasteiger partial charge < -0.3 is 14.2 Å². The summed E-state index contributed by atoms with van der Waals surface area (Å²) in [5.41, 5.74) is 2.57. The van der Waals surface area contributed by atoms with Crippen molar-refractivity contribution in [2.45, 2.75) is 32.6 Å². The molecule has 2 atom stereocenters. The summed E-state index contributed by atoms with van der Waals surface area (Å²) in [5, 5.41) is 7.09. The van der Waals surface area contributed by atoms with Crippen molar-refractivity contribution in [1.29, 1.82) is 0 Å². The molecule has 26 heavy (non-hydrogen) atoms.